The summed E-state index contributed by atoms with van der Waals surface area (Å²) in [7, 11) is 0. The third kappa shape index (κ3) is 3.58. The van der Waals surface area contributed by atoms with E-state index in [2.05, 4.69) is 0 Å². The van der Waals surface area contributed by atoms with E-state index in [1.165, 1.54) is 0 Å². The van der Waals surface area contributed by atoms with Gasteiger partial charge in [0.15, 0.2) is 5.78 Å². The number of furan rings is 1. The highest BCUT2D eigenvalue weighted by Crippen LogP contribution is 2.41. The van der Waals surface area contributed by atoms with Crippen molar-refractivity contribution >= 4 is 34.7 Å². The fraction of sp³-hybridized carbons (Fsp3) is 0. The third-order valence-electron chi connectivity index (χ3n) is 5.58. The number of hydrogen-bond donors (Lipinski definition) is 0. The van der Waals surface area contributed by atoms with Crippen molar-refractivity contribution in [2.45, 2.75) is 0 Å². The highest BCUT2D eigenvalue weighted by Gasteiger charge is 2.32. The van der Waals surface area contributed by atoms with Gasteiger partial charge in [0.25, 0.3) is 0 Å². The number of nitriles is 2. The van der Waals surface area contributed by atoms with Gasteiger partial charge in [-0.15, -0.1) is 0 Å². The van der Waals surface area contributed by atoms with E-state index in [1.807, 2.05) is 83.8 Å². The molecule has 3 aromatic carbocycles. The average Bonchev–Trinajstić information content (AvgIpc) is 3.45. The second-order valence-corrected chi connectivity index (χ2v) is 7.59. The first-order chi connectivity index (χ1) is 16.7. The van der Waals surface area contributed by atoms with Gasteiger partial charge in [-0.3, -0.25) is 9.69 Å². The van der Waals surface area contributed by atoms with Crippen LogP contribution in [0.1, 0.15) is 21.7 Å². The molecule has 1 aliphatic rings. The van der Waals surface area contributed by atoms with E-state index >= 15 is 0 Å². The number of anilines is 3. The number of rotatable bonds is 4. The van der Waals surface area contributed by atoms with Gasteiger partial charge in [-0.05, 0) is 42.0 Å². The summed E-state index contributed by atoms with van der Waals surface area (Å²) in [4.78, 5) is 15.1. The van der Waals surface area contributed by atoms with Crippen LogP contribution in [0.2, 0.25) is 0 Å². The largest absolute Gasteiger partial charge is 0.440 e. The number of carbonyl (C=O) groups is 1. The molecule has 160 valence electrons. The Kier molecular flexibility index (Phi) is 5.36. The predicted molar refractivity (Wildman–Crippen MR) is 130 cm³/mol. The van der Waals surface area contributed by atoms with Crippen LogP contribution >= 0.6 is 0 Å². The molecule has 0 fully saturated rings. The van der Waals surface area contributed by atoms with Crippen molar-refractivity contribution in [1.29, 1.82) is 10.5 Å². The number of Topliss-reactive ketones (excluding diaryl/α,β-unsaturated/α-hetero) is 1. The molecule has 0 saturated heterocycles. The highest BCUT2D eigenvalue weighted by atomic mass is 16.4. The first-order valence-electron chi connectivity index (χ1n) is 10.6. The topological polar surface area (TPSA) is 81.0 Å². The van der Waals surface area contributed by atoms with Crippen LogP contribution in [0.25, 0.3) is 11.6 Å². The fourth-order valence-corrected chi connectivity index (χ4v) is 4.09. The normalized spacial score (nSPS) is 13.3. The Morgan fingerprint density at radius 2 is 1.29 bits per heavy atom. The van der Waals surface area contributed by atoms with Crippen LogP contribution in [0.15, 0.2) is 113 Å². The fourth-order valence-electron chi connectivity index (χ4n) is 4.09. The van der Waals surface area contributed by atoms with Crippen LogP contribution in [0, 0.1) is 22.7 Å². The lowest BCUT2D eigenvalue weighted by atomic mass is 9.99. The molecule has 5 rings (SSSR count). The van der Waals surface area contributed by atoms with Crippen molar-refractivity contribution in [2.75, 3.05) is 4.90 Å². The Bertz CT molecular complexity index is 1480. The molecular weight excluding hydrogens is 422 g/mol. The Labute approximate surface area is 196 Å². The maximum absolute atomic E-state index is 13.2. The van der Waals surface area contributed by atoms with Crippen LogP contribution in [0.4, 0.5) is 17.3 Å². The van der Waals surface area contributed by atoms with Gasteiger partial charge in [-0.2, -0.15) is 10.5 Å². The molecule has 1 heterocycles. The summed E-state index contributed by atoms with van der Waals surface area (Å²) >= 11 is 0. The summed E-state index contributed by atoms with van der Waals surface area (Å²) in [5, 5.41) is 19.0. The average molecular weight is 439 g/mol. The molecule has 5 nitrogen and oxygen atoms in total. The number of hydrogen-bond acceptors (Lipinski definition) is 5. The zero-order valence-corrected chi connectivity index (χ0v) is 18.0. The molecule has 0 unspecified atom stereocenters. The van der Waals surface area contributed by atoms with Crippen molar-refractivity contribution in [3.8, 4) is 12.1 Å². The lowest BCUT2D eigenvalue weighted by molar-refractivity contribution is 0.104. The number of allylic oxidation sites excluding steroid dienone is 3. The number of carbonyl (C=O) groups excluding carboxylic acids is 1. The Hall–Kier alpha value is -5.13. The first-order valence-corrected chi connectivity index (χ1v) is 10.6. The minimum absolute atomic E-state index is 0.105. The maximum Gasteiger partial charge on any atom is 0.205 e. The number of para-hydroxylation sites is 2. The Morgan fingerprint density at radius 1 is 0.735 bits per heavy atom. The van der Waals surface area contributed by atoms with Crippen LogP contribution in [-0.2, 0) is 0 Å². The molecule has 4 aromatic rings. The molecule has 1 aliphatic carbocycles. The van der Waals surface area contributed by atoms with Gasteiger partial charge in [-0.1, -0.05) is 60.7 Å². The first kappa shape index (κ1) is 20.8. The standard InChI is InChI=1S/C29H17N3O2/c30-18-20(19-31)28-24-13-7-8-14-25(24)29(33)26(28)17-23-15-16-27(34-23)32(21-9-3-1-4-10-21)22-11-5-2-6-12-22/h1-17H/b26-17-. The van der Waals surface area contributed by atoms with E-state index in [0.717, 1.165) is 11.4 Å². The Balaban J connectivity index is 1.62. The molecule has 5 heteroatoms. The molecule has 0 radical (unpaired) electrons. The van der Waals surface area contributed by atoms with E-state index in [1.54, 1.807) is 36.4 Å². The van der Waals surface area contributed by atoms with Gasteiger partial charge in [0.1, 0.15) is 23.5 Å². The molecular formula is C29H17N3O2. The van der Waals surface area contributed by atoms with E-state index in [0.29, 0.717) is 28.3 Å². The van der Waals surface area contributed by atoms with E-state index in [9.17, 15) is 15.3 Å². The second-order valence-electron chi connectivity index (χ2n) is 7.59. The maximum atomic E-state index is 13.2. The molecule has 0 atom stereocenters. The Morgan fingerprint density at radius 3 is 1.88 bits per heavy atom. The van der Waals surface area contributed by atoms with Gasteiger partial charge in [0, 0.05) is 34.2 Å². The second kappa shape index (κ2) is 8.78. The lowest BCUT2D eigenvalue weighted by Gasteiger charge is -2.22. The van der Waals surface area contributed by atoms with Crippen LogP contribution in [0.3, 0.4) is 0 Å². The van der Waals surface area contributed by atoms with Gasteiger partial charge in [-0.25, -0.2) is 0 Å². The van der Waals surface area contributed by atoms with Crippen LogP contribution < -0.4 is 4.90 Å². The number of benzene rings is 3. The van der Waals surface area contributed by atoms with Crippen LogP contribution in [-0.4, -0.2) is 5.78 Å². The van der Waals surface area contributed by atoms with Crippen molar-refractivity contribution in [3.05, 3.63) is 125 Å². The number of ketones is 1. The quantitative estimate of drug-likeness (QED) is 0.257. The zero-order valence-electron chi connectivity index (χ0n) is 18.0. The molecule has 0 saturated carbocycles. The van der Waals surface area contributed by atoms with Crippen molar-refractivity contribution in [3.63, 3.8) is 0 Å². The van der Waals surface area contributed by atoms with E-state index in [-0.39, 0.29) is 16.9 Å². The SMILES string of the molecule is N#CC(C#N)=C1/C(=C/c2ccc(N(c3ccccc3)c3ccccc3)o2)C(=O)c2ccccc21. The summed E-state index contributed by atoms with van der Waals surface area (Å²) in [6.45, 7) is 0. The monoisotopic (exact) mass is 439 g/mol. The molecule has 1 aromatic heterocycles. The van der Waals surface area contributed by atoms with Crippen molar-refractivity contribution < 1.29 is 9.21 Å². The molecule has 34 heavy (non-hydrogen) atoms. The molecule has 0 spiro atoms. The summed E-state index contributed by atoms with van der Waals surface area (Å²) in [5.74, 6) is 0.767. The molecule has 0 amide bonds. The minimum atomic E-state index is -0.241. The molecule has 0 aliphatic heterocycles. The van der Waals surface area contributed by atoms with E-state index in [4.69, 9.17) is 4.42 Å². The van der Waals surface area contributed by atoms with Gasteiger partial charge in [0.05, 0.1) is 0 Å². The highest BCUT2D eigenvalue weighted by molar-refractivity contribution is 6.29. The van der Waals surface area contributed by atoms with Crippen molar-refractivity contribution in [1.82, 2.24) is 0 Å². The molecule has 0 bridgehead atoms. The summed E-state index contributed by atoms with van der Waals surface area (Å²) in [5.41, 5.74) is 3.39. The zero-order chi connectivity index (χ0) is 23.5. The van der Waals surface area contributed by atoms with Gasteiger partial charge in [0.2, 0.25) is 5.88 Å². The van der Waals surface area contributed by atoms with Crippen LogP contribution in [0.5, 0.6) is 0 Å². The van der Waals surface area contributed by atoms with Crippen molar-refractivity contribution in [2.24, 2.45) is 0 Å². The summed E-state index contributed by atoms with van der Waals surface area (Å²) in [6, 6.07) is 34.1. The summed E-state index contributed by atoms with van der Waals surface area (Å²) in [6.07, 6.45) is 1.60. The minimum Gasteiger partial charge on any atom is -0.440 e. The summed E-state index contributed by atoms with van der Waals surface area (Å²) < 4.78 is 6.17. The van der Waals surface area contributed by atoms with Gasteiger partial charge >= 0.3 is 0 Å². The molecule has 0 N–H and O–H groups in total. The predicted octanol–water partition coefficient (Wildman–Crippen LogP) is 6.83. The van der Waals surface area contributed by atoms with Gasteiger partial charge < -0.3 is 4.42 Å². The van der Waals surface area contributed by atoms with E-state index < -0.39 is 0 Å². The number of fused-ring (bicyclic) bond motifs is 1. The lowest BCUT2D eigenvalue weighted by Crippen LogP contribution is -2.08. The third-order valence-corrected chi connectivity index (χ3v) is 5.58. The smallest absolute Gasteiger partial charge is 0.205 e. The number of nitrogens with zero attached hydrogens (tertiary/aromatic N) is 3.